The van der Waals surface area contributed by atoms with E-state index in [1.54, 1.807) is 0 Å². The first-order valence-electron chi connectivity index (χ1n) is 17.2. The molecular weight excluding hydrogens is 564 g/mol. The number of amides is 1. The molecule has 3 aliphatic rings. The number of benzene rings is 2. The van der Waals surface area contributed by atoms with Crippen molar-refractivity contribution < 1.29 is 19.4 Å². The Hall–Kier alpha value is -3.52. The Bertz CT molecular complexity index is 1530. The van der Waals surface area contributed by atoms with Crippen LogP contribution in [0.25, 0.3) is 22.2 Å². The average Bonchev–Trinajstić information content (AvgIpc) is 3.24. The van der Waals surface area contributed by atoms with Gasteiger partial charge in [0.15, 0.2) is 5.75 Å². The second-order valence-corrected chi connectivity index (χ2v) is 13.8. The first-order valence-corrected chi connectivity index (χ1v) is 17.2. The first kappa shape index (κ1) is 31.5. The number of para-hydroxylation sites is 1. The fraction of sp³-hybridized carbons (Fsp3) is 0.568. The zero-order valence-electron chi connectivity index (χ0n) is 27.3. The maximum atomic E-state index is 13.3. The molecule has 6 rings (SSSR count). The quantitative estimate of drug-likeness (QED) is 0.220. The van der Waals surface area contributed by atoms with Gasteiger partial charge in [-0.15, -0.1) is 0 Å². The Labute approximate surface area is 267 Å². The Morgan fingerprint density at radius 3 is 2.51 bits per heavy atom. The smallest absolute Gasteiger partial charge is 0.328 e. The van der Waals surface area contributed by atoms with Crippen molar-refractivity contribution in [3.63, 3.8) is 0 Å². The lowest BCUT2D eigenvalue weighted by Gasteiger charge is -2.29. The van der Waals surface area contributed by atoms with Gasteiger partial charge in [-0.2, -0.15) is 0 Å². The Kier molecular flexibility index (Phi) is 9.41. The highest BCUT2D eigenvalue weighted by Crippen LogP contribution is 2.49. The number of carbonyl (C=O) groups excluding carboxylic acids is 1. The number of carboxylic acid groups (broad SMARTS) is 1. The second kappa shape index (κ2) is 13.5. The van der Waals surface area contributed by atoms with Crippen LogP contribution in [0.1, 0.15) is 107 Å². The van der Waals surface area contributed by atoms with E-state index in [2.05, 4.69) is 51.3 Å². The van der Waals surface area contributed by atoms with Gasteiger partial charge in [-0.1, -0.05) is 44.7 Å². The summed E-state index contributed by atoms with van der Waals surface area (Å²) in [7, 11) is 0. The van der Waals surface area contributed by atoms with Gasteiger partial charge < -0.3 is 29.9 Å². The number of ether oxygens (including phenoxy) is 1. The normalized spacial score (nSPS) is 18.4. The van der Waals surface area contributed by atoms with Gasteiger partial charge >= 0.3 is 5.97 Å². The third-order valence-corrected chi connectivity index (χ3v) is 10.3. The van der Waals surface area contributed by atoms with E-state index >= 15 is 0 Å². The molecule has 3 N–H and O–H groups in total. The second-order valence-electron chi connectivity index (χ2n) is 13.8. The van der Waals surface area contributed by atoms with Crippen molar-refractivity contribution in [2.45, 2.75) is 109 Å². The van der Waals surface area contributed by atoms with Crippen molar-refractivity contribution in [3.8, 4) is 17.0 Å². The molecule has 1 atom stereocenters. The number of likely N-dealkylation sites (tertiary alicyclic amines) is 1. The molecule has 1 unspecified atom stereocenters. The molecule has 45 heavy (non-hydrogen) atoms. The van der Waals surface area contributed by atoms with Gasteiger partial charge in [0.05, 0.1) is 17.9 Å². The van der Waals surface area contributed by atoms with Crippen LogP contribution in [0.3, 0.4) is 0 Å². The lowest BCUT2D eigenvalue weighted by molar-refractivity contribution is -0.143. The number of hydrogen-bond donors (Lipinski definition) is 3. The Morgan fingerprint density at radius 1 is 1.02 bits per heavy atom. The van der Waals surface area contributed by atoms with Gasteiger partial charge in [-0.25, -0.2) is 4.79 Å². The molecule has 8 heteroatoms. The van der Waals surface area contributed by atoms with Crippen LogP contribution in [-0.4, -0.2) is 64.3 Å². The number of anilines is 1. The highest BCUT2D eigenvalue weighted by Gasteiger charge is 2.32. The molecule has 3 aromatic rings. The third kappa shape index (κ3) is 6.57. The van der Waals surface area contributed by atoms with Crippen molar-refractivity contribution in [1.82, 2.24) is 14.8 Å². The minimum absolute atomic E-state index is 0.366. The fourth-order valence-electron chi connectivity index (χ4n) is 7.61. The Morgan fingerprint density at radius 2 is 1.78 bits per heavy atom. The number of carboxylic acids is 1. The molecule has 8 nitrogen and oxygen atoms in total. The summed E-state index contributed by atoms with van der Waals surface area (Å²) in [4.78, 5) is 27.6. The minimum Gasteiger partial charge on any atom is -0.489 e. The molecule has 242 valence electrons. The van der Waals surface area contributed by atoms with E-state index in [0.717, 1.165) is 54.7 Å². The van der Waals surface area contributed by atoms with E-state index in [-0.39, 0.29) is 5.91 Å². The van der Waals surface area contributed by atoms with Crippen LogP contribution in [0.5, 0.6) is 5.75 Å². The molecule has 1 saturated heterocycles. The summed E-state index contributed by atoms with van der Waals surface area (Å²) >= 11 is 0. The monoisotopic (exact) mass is 614 g/mol. The molecule has 0 bridgehead atoms. The van der Waals surface area contributed by atoms with Crippen LogP contribution in [0.15, 0.2) is 36.4 Å². The number of piperidine rings is 1. The highest BCUT2D eigenvalue weighted by molar-refractivity contribution is 6.03. The Balaban J connectivity index is 1.39. The SMILES string of the molecule is CCC(CCN1CCCCC1)Nc1cccc2c1OCCn1c-2c(C2CCCCC2)c2ccc(C(=O)NC(C)(C)C(=O)O)cc21. The van der Waals surface area contributed by atoms with E-state index in [9.17, 15) is 14.7 Å². The number of hydrogen-bond acceptors (Lipinski definition) is 5. The van der Waals surface area contributed by atoms with Crippen molar-refractivity contribution >= 4 is 28.5 Å². The molecule has 1 saturated carbocycles. The first-order chi connectivity index (χ1) is 21.8. The molecular formula is C37H50N4O4. The van der Waals surface area contributed by atoms with Crippen LogP contribution in [0.2, 0.25) is 0 Å². The molecule has 1 aromatic heterocycles. The number of aliphatic carboxylic acids is 1. The zero-order chi connectivity index (χ0) is 31.6. The molecule has 1 aliphatic carbocycles. The summed E-state index contributed by atoms with van der Waals surface area (Å²) in [6.45, 7) is 10.0. The van der Waals surface area contributed by atoms with E-state index < -0.39 is 11.5 Å². The summed E-state index contributed by atoms with van der Waals surface area (Å²) in [6, 6.07) is 12.7. The molecule has 1 amide bonds. The maximum Gasteiger partial charge on any atom is 0.328 e. The number of fused-ring (bicyclic) bond motifs is 5. The van der Waals surface area contributed by atoms with Crippen LogP contribution < -0.4 is 15.4 Å². The van der Waals surface area contributed by atoms with Crippen molar-refractivity contribution in [3.05, 3.63) is 47.5 Å². The molecule has 0 radical (unpaired) electrons. The summed E-state index contributed by atoms with van der Waals surface area (Å²) in [5, 5.41) is 17.3. The number of nitrogens with zero attached hydrogens (tertiary/aromatic N) is 2. The molecule has 2 aromatic carbocycles. The lowest BCUT2D eigenvalue weighted by atomic mass is 9.81. The van der Waals surface area contributed by atoms with Crippen molar-refractivity contribution in [2.75, 3.05) is 31.6 Å². The molecule has 2 aliphatic heterocycles. The van der Waals surface area contributed by atoms with Crippen molar-refractivity contribution in [1.29, 1.82) is 0 Å². The van der Waals surface area contributed by atoms with Gasteiger partial charge in [0.2, 0.25) is 0 Å². The molecule has 0 spiro atoms. The molecule has 3 heterocycles. The van der Waals surface area contributed by atoms with Gasteiger partial charge in [0.25, 0.3) is 5.91 Å². The zero-order valence-corrected chi connectivity index (χ0v) is 27.3. The average molecular weight is 615 g/mol. The summed E-state index contributed by atoms with van der Waals surface area (Å²) < 4.78 is 8.93. The van der Waals surface area contributed by atoms with Gasteiger partial charge in [0.1, 0.15) is 12.1 Å². The largest absolute Gasteiger partial charge is 0.489 e. The van der Waals surface area contributed by atoms with E-state index in [4.69, 9.17) is 4.74 Å². The summed E-state index contributed by atoms with van der Waals surface area (Å²) in [5.74, 6) is -0.0821. The predicted molar refractivity (Wildman–Crippen MR) is 180 cm³/mol. The van der Waals surface area contributed by atoms with Gasteiger partial charge in [0, 0.05) is 34.6 Å². The van der Waals surface area contributed by atoms with E-state index in [1.807, 2.05) is 12.1 Å². The topological polar surface area (TPSA) is 95.8 Å². The fourth-order valence-corrected chi connectivity index (χ4v) is 7.61. The number of nitrogens with one attached hydrogen (secondary N) is 2. The van der Waals surface area contributed by atoms with Crippen molar-refractivity contribution in [2.24, 2.45) is 0 Å². The summed E-state index contributed by atoms with van der Waals surface area (Å²) in [6.07, 6.45) is 12.2. The number of aromatic nitrogens is 1. The van der Waals surface area contributed by atoms with E-state index in [0.29, 0.717) is 30.7 Å². The standard InChI is InChI=1S/C37H50N4O4/c1-4-27(18-21-40-19-9-6-10-20-40)38-30-15-11-14-29-33-32(25-12-7-5-8-13-25)28-17-16-26(35(42)39-37(2,3)36(43)44)24-31(28)41(33)22-23-45-34(29)30/h11,14-17,24-25,27,38H,4-10,12-13,18-23H2,1-3H3,(H,39,42)(H,43,44). The van der Waals surface area contributed by atoms with E-state index in [1.165, 1.54) is 82.1 Å². The highest BCUT2D eigenvalue weighted by atomic mass is 16.5. The van der Waals surface area contributed by atoms with Crippen LogP contribution in [-0.2, 0) is 11.3 Å². The molecule has 2 fully saturated rings. The van der Waals surface area contributed by atoms with Crippen LogP contribution in [0, 0.1) is 0 Å². The van der Waals surface area contributed by atoms with Gasteiger partial charge in [-0.05, 0) is 101 Å². The lowest BCUT2D eigenvalue weighted by Crippen LogP contribution is -2.49. The minimum atomic E-state index is -1.37. The third-order valence-electron chi connectivity index (χ3n) is 10.3. The number of carbonyl (C=O) groups is 2. The van der Waals surface area contributed by atoms with Crippen LogP contribution in [0.4, 0.5) is 5.69 Å². The summed E-state index contributed by atoms with van der Waals surface area (Å²) in [5.41, 5.74) is 4.85. The number of rotatable bonds is 10. The van der Waals surface area contributed by atoms with Gasteiger partial charge in [-0.3, -0.25) is 4.79 Å². The van der Waals surface area contributed by atoms with Crippen LogP contribution >= 0.6 is 0 Å². The maximum absolute atomic E-state index is 13.3. The predicted octanol–water partition coefficient (Wildman–Crippen LogP) is 7.41.